The summed E-state index contributed by atoms with van der Waals surface area (Å²) in [5.41, 5.74) is 1.37. The van der Waals surface area contributed by atoms with Gasteiger partial charge in [-0.15, -0.1) is 11.8 Å². The SMILES string of the molecule is CCCNC(C)c1cccc(SCCOCCC(C)C)c1. The Morgan fingerprint density at radius 1 is 1.19 bits per heavy atom. The molecule has 0 amide bonds. The smallest absolute Gasteiger partial charge is 0.0560 e. The van der Waals surface area contributed by atoms with Crippen LogP contribution in [0.1, 0.15) is 52.1 Å². The van der Waals surface area contributed by atoms with Crippen molar-refractivity contribution in [1.82, 2.24) is 5.32 Å². The number of hydrogen-bond donors (Lipinski definition) is 1. The van der Waals surface area contributed by atoms with E-state index >= 15 is 0 Å². The summed E-state index contributed by atoms with van der Waals surface area (Å²) in [5.74, 6) is 1.75. The summed E-state index contributed by atoms with van der Waals surface area (Å²) in [6.45, 7) is 11.7. The molecule has 21 heavy (non-hydrogen) atoms. The van der Waals surface area contributed by atoms with Crippen molar-refractivity contribution in [1.29, 1.82) is 0 Å². The molecule has 2 nitrogen and oxygen atoms in total. The number of nitrogens with one attached hydrogen (secondary N) is 1. The monoisotopic (exact) mass is 309 g/mol. The lowest BCUT2D eigenvalue weighted by Gasteiger charge is -2.14. The van der Waals surface area contributed by atoms with Crippen molar-refractivity contribution in [2.24, 2.45) is 5.92 Å². The molecular formula is C18H31NOS. The van der Waals surface area contributed by atoms with Crippen molar-refractivity contribution in [2.75, 3.05) is 25.5 Å². The average Bonchev–Trinajstić information content (AvgIpc) is 2.48. The Labute approximate surface area is 135 Å². The van der Waals surface area contributed by atoms with Crippen molar-refractivity contribution >= 4 is 11.8 Å². The van der Waals surface area contributed by atoms with Gasteiger partial charge in [0.25, 0.3) is 0 Å². The summed E-state index contributed by atoms with van der Waals surface area (Å²) in [6.07, 6.45) is 2.33. The molecule has 1 unspecified atom stereocenters. The minimum Gasteiger partial charge on any atom is -0.381 e. The molecule has 1 rings (SSSR count). The Hall–Kier alpha value is -0.510. The third-order valence-electron chi connectivity index (χ3n) is 3.39. The fourth-order valence-corrected chi connectivity index (χ4v) is 2.82. The van der Waals surface area contributed by atoms with Gasteiger partial charge in [0, 0.05) is 23.3 Å². The number of ether oxygens (including phenoxy) is 1. The minimum absolute atomic E-state index is 0.424. The lowest BCUT2D eigenvalue weighted by molar-refractivity contribution is 0.138. The molecule has 1 aromatic rings. The zero-order valence-corrected chi connectivity index (χ0v) is 14.8. The fraction of sp³-hybridized carbons (Fsp3) is 0.667. The summed E-state index contributed by atoms with van der Waals surface area (Å²) in [6, 6.07) is 9.27. The van der Waals surface area contributed by atoms with Gasteiger partial charge >= 0.3 is 0 Å². The van der Waals surface area contributed by atoms with Crippen LogP contribution in [0.4, 0.5) is 0 Å². The number of thioether (sulfide) groups is 1. The number of rotatable bonds is 11. The Bertz CT molecular complexity index is 381. The zero-order chi connectivity index (χ0) is 15.5. The first-order valence-electron chi connectivity index (χ1n) is 8.17. The quantitative estimate of drug-likeness (QED) is 0.464. The van der Waals surface area contributed by atoms with Gasteiger partial charge in [0.2, 0.25) is 0 Å². The maximum absolute atomic E-state index is 5.66. The second-order valence-electron chi connectivity index (χ2n) is 5.89. The lowest BCUT2D eigenvalue weighted by Crippen LogP contribution is -2.19. The van der Waals surface area contributed by atoms with Crippen molar-refractivity contribution in [3.05, 3.63) is 29.8 Å². The van der Waals surface area contributed by atoms with Crippen molar-refractivity contribution in [3.8, 4) is 0 Å². The number of hydrogen-bond acceptors (Lipinski definition) is 3. The molecule has 1 atom stereocenters. The van der Waals surface area contributed by atoms with E-state index in [1.54, 1.807) is 0 Å². The summed E-state index contributed by atoms with van der Waals surface area (Å²) in [7, 11) is 0. The Morgan fingerprint density at radius 2 is 2.00 bits per heavy atom. The van der Waals surface area contributed by atoms with E-state index in [1.165, 1.54) is 16.9 Å². The molecule has 0 aliphatic heterocycles. The normalized spacial score (nSPS) is 12.8. The first-order chi connectivity index (χ1) is 10.1. The van der Waals surface area contributed by atoms with Crippen LogP contribution >= 0.6 is 11.8 Å². The first kappa shape index (κ1) is 18.5. The van der Waals surface area contributed by atoms with Gasteiger partial charge in [-0.2, -0.15) is 0 Å². The Morgan fingerprint density at radius 3 is 2.71 bits per heavy atom. The molecule has 0 saturated heterocycles. The lowest BCUT2D eigenvalue weighted by atomic mass is 10.1. The summed E-state index contributed by atoms with van der Waals surface area (Å²) in [4.78, 5) is 1.34. The molecule has 0 aliphatic carbocycles. The summed E-state index contributed by atoms with van der Waals surface area (Å²) >= 11 is 1.88. The van der Waals surface area contributed by atoms with Gasteiger partial charge < -0.3 is 10.1 Å². The standard InChI is InChI=1S/C18H31NOS/c1-5-10-19-16(4)17-7-6-8-18(14-17)21-13-12-20-11-9-15(2)3/h6-8,14-16,19H,5,9-13H2,1-4H3. The zero-order valence-electron chi connectivity index (χ0n) is 14.0. The van der Waals surface area contributed by atoms with E-state index in [0.717, 1.165) is 37.9 Å². The van der Waals surface area contributed by atoms with Crippen molar-refractivity contribution < 1.29 is 4.74 Å². The van der Waals surface area contributed by atoms with Gasteiger partial charge in [0.15, 0.2) is 0 Å². The topological polar surface area (TPSA) is 21.3 Å². The van der Waals surface area contributed by atoms with Gasteiger partial charge in [-0.1, -0.05) is 32.9 Å². The highest BCUT2D eigenvalue weighted by Crippen LogP contribution is 2.22. The van der Waals surface area contributed by atoms with Gasteiger partial charge in [-0.25, -0.2) is 0 Å². The molecule has 0 radical (unpaired) electrons. The van der Waals surface area contributed by atoms with Crippen LogP contribution in [-0.2, 0) is 4.74 Å². The Balaban J connectivity index is 2.29. The Kier molecular flexibility index (Phi) is 9.81. The second kappa shape index (κ2) is 11.1. The van der Waals surface area contributed by atoms with E-state index in [4.69, 9.17) is 4.74 Å². The highest BCUT2D eigenvalue weighted by atomic mass is 32.2. The van der Waals surface area contributed by atoms with Crippen LogP contribution in [0.5, 0.6) is 0 Å². The maximum atomic E-state index is 5.66. The van der Waals surface area contributed by atoms with Gasteiger partial charge in [-0.3, -0.25) is 0 Å². The summed E-state index contributed by atoms with van der Waals surface area (Å²) in [5, 5.41) is 3.54. The van der Waals surface area contributed by atoms with E-state index in [-0.39, 0.29) is 0 Å². The maximum Gasteiger partial charge on any atom is 0.0560 e. The van der Waals surface area contributed by atoms with Crippen LogP contribution in [0.3, 0.4) is 0 Å². The third-order valence-corrected chi connectivity index (χ3v) is 4.35. The predicted octanol–water partition coefficient (Wildman–Crippen LogP) is 4.90. The molecule has 0 aromatic heterocycles. The molecule has 1 aromatic carbocycles. The first-order valence-corrected chi connectivity index (χ1v) is 9.16. The predicted molar refractivity (Wildman–Crippen MR) is 94.1 cm³/mol. The minimum atomic E-state index is 0.424. The molecule has 0 heterocycles. The number of benzene rings is 1. The molecule has 0 spiro atoms. The van der Waals surface area contributed by atoms with E-state index < -0.39 is 0 Å². The van der Waals surface area contributed by atoms with E-state index in [1.807, 2.05) is 11.8 Å². The van der Waals surface area contributed by atoms with Crippen LogP contribution in [-0.4, -0.2) is 25.5 Å². The van der Waals surface area contributed by atoms with Crippen LogP contribution in [0.2, 0.25) is 0 Å². The van der Waals surface area contributed by atoms with E-state index in [0.29, 0.717) is 6.04 Å². The van der Waals surface area contributed by atoms with Crippen molar-refractivity contribution in [3.63, 3.8) is 0 Å². The highest BCUT2D eigenvalue weighted by Gasteiger charge is 2.05. The van der Waals surface area contributed by atoms with E-state index in [9.17, 15) is 0 Å². The molecule has 120 valence electrons. The molecule has 0 aliphatic rings. The molecule has 1 N–H and O–H groups in total. The molecule has 0 bridgehead atoms. The highest BCUT2D eigenvalue weighted by molar-refractivity contribution is 7.99. The van der Waals surface area contributed by atoms with E-state index in [2.05, 4.69) is 57.3 Å². The molecule has 0 fully saturated rings. The molecule has 3 heteroatoms. The van der Waals surface area contributed by atoms with Crippen LogP contribution in [0, 0.1) is 5.92 Å². The fourth-order valence-electron chi connectivity index (χ4n) is 1.99. The third kappa shape index (κ3) is 8.50. The van der Waals surface area contributed by atoms with Gasteiger partial charge in [-0.05, 0) is 49.9 Å². The summed E-state index contributed by atoms with van der Waals surface area (Å²) < 4.78 is 5.66. The van der Waals surface area contributed by atoms with Gasteiger partial charge in [0.05, 0.1) is 6.61 Å². The van der Waals surface area contributed by atoms with Gasteiger partial charge in [0.1, 0.15) is 0 Å². The van der Waals surface area contributed by atoms with Crippen LogP contribution < -0.4 is 5.32 Å². The average molecular weight is 310 g/mol. The molecular weight excluding hydrogens is 278 g/mol. The van der Waals surface area contributed by atoms with Crippen molar-refractivity contribution in [2.45, 2.75) is 51.5 Å². The van der Waals surface area contributed by atoms with Crippen LogP contribution in [0.15, 0.2) is 29.2 Å². The largest absolute Gasteiger partial charge is 0.381 e. The van der Waals surface area contributed by atoms with Crippen LogP contribution in [0.25, 0.3) is 0 Å². The second-order valence-corrected chi connectivity index (χ2v) is 7.06. The molecule has 0 saturated carbocycles.